The summed E-state index contributed by atoms with van der Waals surface area (Å²) in [6.07, 6.45) is 4.76. The number of carbonyl (C=O) groups excluding carboxylic acids is 1. The van der Waals surface area contributed by atoms with E-state index in [4.69, 9.17) is 0 Å². The number of aromatic nitrogens is 1. The van der Waals surface area contributed by atoms with Crippen LogP contribution in [0.4, 0.5) is 0 Å². The van der Waals surface area contributed by atoms with Gasteiger partial charge in [0.15, 0.2) is 0 Å². The van der Waals surface area contributed by atoms with Crippen LogP contribution in [0.2, 0.25) is 0 Å². The number of hydrogen-bond acceptors (Lipinski definition) is 3. The lowest BCUT2D eigenvalue weighted by atomic mass is 9.83. The molecule has 0 radical (unpaired) electrons. The van der Waals surface area contributed by atoms with Gasteiger partial charge < -0.3 is 14.4 Å². The third kappa shape index (κ3) is 2.93. The fourth-order valence-corrected chi connectivity index (χ4v) is 5.17. The largest absolute Gasteiger partial charge is 0.339 e. The van der Waals surface area contributed by atoms with Crippen molar-refractivity contribution in [1.29, 1.82) is 0 Å². The Bertz CT molecular complexity index is 784. The van der Waals surface area contributed by atoms with Gasteiger partial charge in [0, 0.05) is 50.5 Å². The smallest absolute Gasteiger partial charge is 0.242 e. The van der Waals surface area contributed by atoms with Gasteiger partial charge in [0.05, 0.1) is 0 Å². The second kappa shape index (κ2) is 6.71. The summed E-state index contributed by atoms with van der Waals surface area (Å²) in [6.45, 7) is 8.11. The molecule has 4 fully saturated rings. The van der Waals surface area contributed by atoms with Crippen molar-refractivity contribution in [3.8, 4) is 0 Å². The SMILES string of the molecule is O=C(Cn1ccc2ccccc21)N1CCN([C@@H]2CN3CCC2CC3)CC1. The van der Waals surface area contributed by atoms with Crippen molar-refractivity contribution in [2.24, 2.45) is 5.92 Å². The summed E-state index contributed by atoms with van der Waals surface area (Å²) in [5, 5.41) is 1.20. The van der Waals surface area contributed by atoms with E-state index < -0.39 is 0 Å². The average Bonchev–Trinajstić information content (AvgIpc) is 3.12. The number of carbonyl (C=O) groups is 1. The fraction of sp³-hybridized carbons (Fsp3) is 0.571. The zero-order chi connectivity index (χ0) is 17.5. The van der Waals surface area contributed by atoms with Crippen LogP contribution in [0.1, 0.15) is 12.8 Å². The molecular weight excluding hydrogens is 324 g/mol. The summed E-state index contributed by atoms with van der Waals surface area (Å²) in [5.41, 5.74) is 1.15. The minimum Gasteiger partial charge on any atom is -0.339 e. The van der Waals surface area contributed by atoms with Gasteiger partial charge in [0.1, 0.15) is 6.54 Å². The Balaban J connectivity index is 1.19. The van der Waals surface area contributed by atoms with Crippen molar-refractivity contribution in [3.63, 3.8) is 0 Å². The maximum absolute atomic E-state index is 12.8. The van der Waals surface area contributed by atoms with Crippen LogP contribution in [0, 0.1) is 5.92 Å². The highest BCUT2D eigenvalue weighted by molar-refractivity contribution is 5.83. The summed E-state index contributed by atoms with van der Waals surface area (Å²) in [5.74, 6) is 1.13. The quantitative estimate of drug-likeness (QED) is 0.845. The van der Waals surface area contributed by atoms with Crippen LogP contribution in [-0.2, 0) is 11.3 Å². The number of hydrogen-bond donors (Lipinski definition) is 0. The second-order valence-electron chi connectivity index (χ2n) is 8.12. The molecule has 5 nitrogen and oxygen atoms in total. The highest BCUT2D eigenvalue weighted by atomic mass is 16.2. The van der Waals surface area contributed by atoms with Gasteiger partial charge in [-0.3, -0.25) is 9.69 Å². The first-order valence-electron chi connectivity index (χ1n) is 10.1. The number of amides is 1. The van der Waals surface area contributed by atoms with Gasteiger partial charge in [0.2, 0.25) is 5.91 Å². The van der Waals surface area contributed by atoms with Gasteiger partial charge >= 0.3 is 0 Å². The minimum absolute atomic E-state index is 0.250. The van der Waals surface area contributed by atoms with E-state index in [0.29, 0.717) is 6.54 Å². The topological polar surface area (TPSA) is 31.7 Å². The number of fused-ring (bicyclic) bond motifs is 4. The van der Waals surface area contributed by atoms with Gasteiger partial charge in [-0.25, -0.2) is 0 Å². The number of piperidine rings is 3. The van der Waals surface area contributed by atoms with Crippen LogP contribution in [-0.4, -0.2) is 77.0 Å². The Labute approximate surface area is 155 Å². The van der Waals surface area contributed by atoms with Crippen molar-refractivity contribution in [2.45, 2.75) is 25.4 Å². The molecule has 0 aliphatic carbocycles. The normalized spacial score (nSPS) is 29.4. The van der Waals surface area contributed by atoms with E-state index in [1.165, 1.54) is 37.9 Å². The van der Waals surface area contributed by atoms with Crippen LogP contribution >= 0.6 is 0 Å². The van der Waals surface area contributed by atoms with Crippen molar-refractivity contribution in [1.82, 2.24) is 19.3 Å². The Hall–Kier alpha value is -1.85. The van der Waals surface area contributed by atoms with Crippen LogP contribution in [0.5, 0.6) is 0 Å². The molecule has 4 aliphatic heterocycles. The molecule has 26 heavy (non-hydrogen) atoms. The molecule has 4 saturated heterocycles. The summed E-state index contributed by atoms with van der Waals surface area (Å²) < 4.78 is 2.08. The van der Waals surface area contributed by atoms with E-state index in [0.717, 1.165) is 43.7 Å². The maximum atomic E-state index is 12.8. The molecule has 0 spiro atoms. The van der Waals surface area contributed by atoms with E-state index in [9.17, 15) is 4.79 Å². The lowest BCUT2D eigenvalue weighted by Gasteiger charge is -2.51. The third-order valence-corrected chi connectivity index (χ3v) is 6.74. The summed E-state index contributed by atoms with van der Waals surface area (Å²) in [6, 6.07) is 11.1. The number of nitrogens with zero attached hydrogens (tertiary/aromatic N) is 4. The molecule has 6 rings (SSSR count). The molecular formula is C21H28N4O. The Morgan fingerprint density at radius 1 is 0.962 bits per heavy atom. The Kier molecular flexibility index (Phi) is 4.21. The van der Waals surface area contributed by atoms with Gasteiger partial charge in [-0.15, -0.1) is 0 Å². The van der Waals surface area contributed by atoms with E-state index in [1.807, 2.05) is 18.3 Å². The predicted molar refractivity (Wildman–Crippen MR) is 103 cm³/mol. The molecule has 1 aromatic carbocycles. The van der Waals surface area contributed by atoms with Crippen molar-refractivity contribution in [3.05, 3.63) is 36.5 Å². The Morgan fingerprint density at radius 3 is 2.46 bits per heavy atom. The lowest BCUT2D eigenvalue weighted by Crippen LogP contribution is -2.61. The highest BCUT2D eigenvalue weighted by Crippen LogP contribution is 2.31. The monoisotopic (exact) mass is 352 g/mol. The molecule has 0 unspecified atom stereocenters. The molecule has 1 atom stereocenters. The molecule has 2 bridgehead atoms. The summed E-state index contributed by atoms with van der Waals surface area (Å²) in [7, 11) is 0. The minimum atomic E-state index is 0.250. The third-order valence-electron chi connectivity index (χ3n) is 6.74. The van der Waals surface area contributed by atoms with Crippen LogP contribution in [0.15, 0.2) is 36.5 Å². The second-order valence-corrected chi connectivity index (χ2v) is 8.12. The Morgan fingerprint density at radius 2 is 1.73 bits per heavy atom. The van der Waals surface area contributed by atoms with Crippen molar-refractivity contribution in [2.75, 3.05) is 45.8 Å². The first-order chi connectivity index (χ1) is 12.8. The van der Waals surface area contributed by atoms with Crippen molar-refractivity contribution >= 4 is 16.8 Å². The number of piperazine rings is 1. The molecule has 1 amide bonds. The standard InChI is InChI=1S/C21H28N4O/c26-21(16-25-10-7-17-3-1-2-4-19(17)25)24-13-11-23(12-14-24)20-15-22-8-5-18(20)6-9-22/h1-4,7,10,18,20H,5-6,8-9,11-16H2/t20-/m1/s1. The first kappa shape index (κ1) is 16.3. The number of rotatable bonds is 3. The van der Waals surface area contributed by atoms with E-state index in [2.05, 4.69) is 37.5 Å². The molecule has 5 heteroatoms. The van der Waals surface area contributed by atoms with Gasteiger partial charge in [-0.1, -0.05) is 18.2 Å². The molecule has 0 N–H and O–H groups in total. The average molecular weight is 352 g/mol. The maximum Gasteiger partial charge on any atom is 0.242 e. The van der Waals surface area contributed by atoms with E-state index in [1.54, 1.807) is 0 Å². The summed E-state index contributed by atoms with van der Waals surface area (Å²) >= 11 is 0. The zero-order valence-electron chi connectivity index (χ0n) is 15.4. The van der Waals surface area contributed by atoms with Gasteiger partial charge in [0.25, 0.3) is 0 Å². The van der Waals surface area contributed by atoms with Gasteiger partial charge in [-0.05, 0) is 49.4 Å². The fourth-order valence-electron chi connectivity index (χ4n) is 5.17. The molecule has 2 aromatic rings. The van der Waals surface area contributed by atoms with E-state index >= 15 is 0 Å². The number of para-hydroxylation sites is 1. The first-order valence-corrected chi connectivity index (χ1v) is 10.1. The molecule has 0 saturated carbocycles. The van der Waals surface area contributed by atoms with Gasteiger partial charge in [-0.2, -0.15) is 0 Å². The van der Waals surface area contributed by atoms with Crippen LogP contribution in [0.3, 0.4) is 0 Å². The summed E-state index contributed by atoms with van der Waals surface area (Å²) in [4.78, 5) is 20.1. The van der Waals surface area contributed by atoms with E-state index in [-0.39, 0.29) is 5.91 Å². The zero-order valence-corrected chi connectivity index (χ0v) is 15.4. The highest BCUT2D eigenvalue weighted by Gasteiger charge is 2.38. The molecule has 4 aliphatic rings. The van der Waals surface area contributed by atoms with Crippen LogP contribution in [0.25, 0.3) is 10.9 Å². The van der Waals surface area contributed by atoms with Crippen molar-refractivity contribution < 1.29 is 4.79 Å². The molecule has 1 aromatic heterocycles. The molecule has 5 heterocycles. The van der Waals surface area contributed by atoms with Crippen LogP contribution < -0.4 is 0 Å². The lowest BCUT2D eigenvalue weighted by molar-refractivity contribution is -0.134. The molecule has 138 valence electrons. The number of benzene rings is 1. The predicted octanol–water partition coefficient (Wildman–Crippen LogP) is 1.88.